The van der Waals surface area contributed by atoms with Gasteiger partial charge in [0.15, 0.2) is 0 Å². The maximum absolute atomic E-state index is 13.7. The molecule has 2 aliphatic heterocycles. The van der Waals surface area contributed by atoms with E-state index in [0.29, 0.717) is 19.7 Å². The van der Waals surface area contributed by atoms with Crippen molar-refractivity contribution in [3.63, 3.8) is 0 Å². The van der Waals surface area contributed by atoms with Crippen LogP contribution in [-0.4, -0.2) is 45.0 Å². The molecule has 1 aromatic heterocycles. The van der Waals surface area contributed by atoms with Crippen molar-refractivity contribution >= 4 is 5.91 Å². The van der Waals surface area contributed by atoms with Crippen LogP contribution in [-0.2, 0) is 11.3 Å². The topological polar surface area (TPSA) is 60.3 Å². The average molecular weight is 288 g/mol. The Hall–Kier alpha value is -2.28. The largest absolute Gasteiger partial charge is 0.368 e. The fourth-order valence-corrected chi connectivity index (χ4v) is 2.97. The lowest BCUT2D eigenvalue weighted by Crippen LogP contribution is -2.32. The van der Waals surface area contributed by atoms with E-state index in [4.69, 9.17) is 4.74 Å². The molecule has 0 N–H and O–H groups in total. The number of carbonyl (C=O) groups is 1. The first-order chi connectivity index (χ1) is 10.2. The second-order valence-corrected chi connectivity index (χ2v) is 5.28. The summed E-state index contributed by atoms with van der Waals surface area (Å²) in [5, 5.41) is 7.93. The fraction of sp³-hybridized carbons (Fsp3) is 0.357. The van der Waals surface area contributed by atoms with Crippen molar-refractivity contribution in [2.45, 2.75) is 18.8 Å². The van der Waals surface area contributed by atoms with Gasteiger partial charge in [-0.15, -0.1) is 5.10 Å². The molecule has 0 spiro atoms. The van der Waals surface area contributed by atoms with Crippen molar-refractivity contribution in [1.29, 1.82) is 0 Å². The Kier molecular flexibility index (Phi) is 2.75. The first-order valence-electron chi connectivity index (χ1n) is 6.78. The Morgan fingerprint density at radius 2 is 2.19 bits per heavy atom. The van der Waals surface area contributed by atoms with E-state index in [1.54, 1.807) is 23.2 Å². The summed E-state index contributed by atoms with van der Waals surface area (Å²) in [4.78, 5) is 14.1. The van der Waals surface area contributed by atoms with Crippen molar-refractivity contribution < 1.29 is 13.9 Å². The number of nitrogens with zero attached hydrogens (tertiary/aromatic N) is 4. The first-order valence-corrected chi connectivity index (χ1v) is 6.78. The van der Waals surface area contributed by atoms with Crippen LogP contribution in [0.5, 0.6) is 0 Å². The quantitative estimate of drug-likeness (QED) is 0.786. The molecule has 0 bridgehead atoms. The van der Waals surface area contributed by atoms with Crippen LogP contribution in [0, 0.1) is 5.82 Å². The molecule has 2 unspecified atom stereocenters. The Morgan fingerprint density at radius 3 is 3.05 bits per heavy atom. The highest BCUT2D eigenvalue weighted by atomic mass is 19.1. The van der Waals surface area contributed by atoms with E-state index in [1.807, 2.05) is 4.68 Å². The Bertz CT molecular complexity index is 702. The normalized spacial score (nSPS) is 23.8. The second kappa shape index (κ2) is 4.63. The molecule has 1 amide bonds. The van der Waals surface area contributed by atoms with Gasteiger partial charge in [-0.2, -0.15) is 0 Å². The lowest BCUT2D eigenvalue weighted by molar-refractivity contribution is -0.00489. The number of ether oxygens (including phenoxy) is 1. The Labute approximate surface area is 120 Å². The van der Waals surface area contributed by atoms with Crippen LogP contribution in [0.25, 0.3) is 0 Å². The minimum atomic E-state index is -0.500. The molecule has 2 aromatic rings. The maximum Gasteiger partial charge on any atom is 0.256 e. The lowest BCUT2D eigenvalue weighted by Gasteiger charge is -2.25. The highest BCUT2D eigenvalue weighted by Crippen LogP contribution is 2.31. The van der Waals surface area contributed by atoms with Crippen LogP contribution < -0.4 is 0 Å². The third kappa shape index (κ3) is 1.92. The van der Waals surface area contributed by atoms with Crippen molar-refractivity contribution in [1.82, 2.24) is 19.9 Å². The number of rotatable bonds is 1. The zero-order chi connectivity index (χ0) is 14.4. The zero-order valence-corrected chi connectivity index (χ0v) is 11.1. The number of benzene rings is 1. The highest BCUT2D eigenvalue weighted by molar-refractivity contribution is 5.94. The SMILES string of the molecule is O=C(c1ccccc1F)N1CC2OCc3cnnn3C2C1. The van der Waals surface area contributed by atoms with Gasteiger partial charge in [0, 0.05) is 13.1 Å². The van der Waals surface area contributed by atoms with Crippen molar-refractivity contribution in [3.8, 4) is 0 Å². The van der Waals surface area contributed by atoms with Gasteiger partial charge in [-0.05, 0) is 12.1 Å². The highest BCUT2D eigenvalue weighted by Gasteiger charge is 2.41. The number of hydrogen-bond donors (Lipinski definition) is 0. The number of carbonyl (C=O) groups excluding carboxylic acids is 1. The number of hydrogen-bond acceptors (Lipinski definition) is 4. The smallest absolute Gasteiger partial charge is 0.256 e. The van der Waals surface area contributed by atoms with Gasteiger partial charge in [0.05, 0.1) is 36.2 Å². The number of aromatic nitrogens is 3. The van der Waals surface area contributed by atoms with Crippen LogP contribution in [0.1, 0.15) is 22.1 Å². The van der Waals surface area contributed by atoms with E-state index < -0.39 is 5.82 Å². The molecule has 0 saturated carbocycles. The van der Waals surface area contributed by atoms with Gasteiger partial charge in [-0.1, -0.05) is 17.3 Å². The molecule has 7 heteroatoms. The minimum absolute atomic E-state index is 0.0491. The zero-order valence-electron chi connectivity index (χ0n) is 11.1. The predicted octanol–water partition coefficient (Wildman–Crippen LogP) is 1.01. The molecule has 2 atom stereocenters. The molecule has 21 heavy (non-hydrogen) atoms. The lowest BCUT2D eigenvalue weighted by atomic mass is 10.2. The summed E-state index contributed by atoms with van der Waals surface area (Å²) in [6, 6.07) is 5.97. The van der Waals surface area contributed by atoms with Crippen LogP contribution in [0.2, 0.25) is 0 Å². The van der Waals surface area contributed by atoms with Crippen molar-refractivity contribution in [2.24, 2.45) is 0 Å². The third-order valence-electron chi connectivity index (χ3n) is 4.04. The molecule has 6 nitrogen and oxygen atoms in total. The maximum atomic E-state index is 13.7. The van der Waals surface area contributed by atoms with E-state index in [9.17, 15) is 9.18 Å². The monoisotopic (exact) mass is 288 g/mol. The van der Waals surface area contributed by atoms with E-state index in [1.165, 1.54) is 12.1 Å². The van der Waals surface area contributed by atoms with Gasteiger partial charge in [-0.25, -0.2) is 9.07 Å². The summed E-state index contributed by atoms with van der Waals surface area (Å²) in [5.41, 5.74) is 0.992. The average Bonchev–Trinajstić information content (AvgIpc) is 3.12. The summed E-state index contributed by atoms with van der Waals surface area (Å²) in [5.74, 6) is -0.812. The molecule has 0 radical (unpaired) electrons. The molecular weight excluding hydrogens is 275 g/mol. The summed E-state index contributed by atoms with van der Waals surface area (Å²) >= 11 is 0. The van der Waals surface area contributed by atoms with Gasteiger partial charge in [0.25, 0.3) is 5.91 Å². The minimum Gasteiger partial charge on any atom is -0.368 e. The molecule has 1 fully saturated rings. The van der Waals surface area contributed by atoms with Crippen molar-refractivity contribution in [3.05, 3.63) is 47.5 Å². The summed E-state index contributed by atoms with van der Waals surface area (Å²) in [6.07, 6.45) is 1.55. The molecule has 1 saturated heterocycles. The molecule has 3 heterocycles. The molecule has 0 aliphatic carbocycles. The van der Waals surface area contributed by atoms with Gasteiger partial charge in [0.2, 0.25) is 0 Å². The van der Waals surface area contributed by atoms with E-state index in [0.717, 1.165) is 5.69 Å². The number of likely N-dealkylation sites (tertiary alicyclic amines) is 1. The first kappa shape index (κ1) is 12.5. The number of amides is 1. The second-order valence-electron chi connectivity index (χ2n) is 5.28. The summed E-state index contributed by atoms with van der Waals surface area (Å²) in [6.45, 7) is 1.33. The van der Waals surface area contributed by atoms with Crippen LogP contribution in [0.4, 0.5) is 4.39 Å². The Morgan fingerprint density at radius 1 is 1.33 bits per heavy atom. The van der Waals surface area contributed by atoms with E-state index >= 15 is 0 Å². The molecule has 2 aliphatic rings. The third-order valence-corrected chi connectivity index (χ3v) is 4.04. The summed E-state index contributed by atoms with van der Waals surface area (Å²) in [7, 11) is 0. The predicted molar refractivity (Wildman–Crippen MR) is 69.9 cm³/mol. The number of fused-ring (bicyclic) bond motifs is 3. The molecule has 108 valence electrons. The molecular formula is C14H13FN4O2. The number of halogens is 1. The van der Waals surface area contributed by atoms with Gasteiger partial charge >= 0.3 is 0 Å². The fourth-order valence-electron chi connectivity index (χ4n) is 2.97. The van der Waals surface area contributed by atoms with Crippen LogP contribution in [0.15, 0.2) is 30.5 Å². The van der Waals surface area contributed by atoms with Crippen molar-refractivity contribution in [2.75, 3.05) is 13.1 Å². The van der Waals surface area contributed by atoms with Gasteiger partial charge in [0.1, 0.15) is 5.82 Å². The van der Waals surface area contributed by atoms with E-state index in [2.05, 4.69) is 10.3 Å². The molecule has 4 rings (SSSR count). The summed E-state index contributed by atoms with van der Waals surface area (Å²) < 4.78 is 21.3. The van der Waals surface area contributed by atoms with E-state index in [-0.39, 0.29) is 23.6 Å². The van der Waals surface area contributed by atoms with Gasteiger partial charge < -0.3 is 9.64 Å². The standard InChI is InChI=1S/C14H13FN4O2/c15-11-4-2-1-3-10(11)14(20)18-6-12-13(7-18)21-8-9-5-16-17-19(9)12/h1-5,12-13H,6-8H2. The van der Waals surface area contributed by atoms with Crippen LogP contribution in [0.3, 0.4) is 0 Å². The molecule has 1 aromatic carbocycles. The van der Waals surface area contributed by atoms with Gasteiger partial charge in [-0.3, -0.25) is 4.79 Å². The van der Waals surface area contributed by atoms with Crippen LogP contribution >= 0.6 is 0 Å². The Balaban J connectivity index is 1.60.